The molecule has 2 aliphatic carbocycles. The summed E-state index contributed by atoms with van der Waals surface area (Å²) in [5.74, 6) is 2.43. The molecule has 2 saturated heterocycles. The molecule has 0 aromatic rings. The van der Waals surface area contributed by atoms with Crippen LogP contribution in [0.1, 0.15) is 53.4 Å². The molecule has 0 saturated carbocycles. The Kier molecular flexibility index (Phi) is 4.61. The Morgan fingerprint density at radius 3 is 1.71 bits per heavy atom. The normalized spacial score (nSPS) is 46.6. The molecule has 2 heterocycles. The molecule has 2 aliphatic heterocycles. The molecule has 0 amide bonds. The van der Waals surface area contributed by atoms with Gasteiger partial charge in [0.05, 0.1) is 19.3 Å². The third-order valence-electron chi connectivity index (χ3n) is 6.85. The van der Waals surface area contributed by atoms with E-state index >= 15 is 0 Å². The minimum Gasteiger partial charge on any atom is -0.361 e. The van der Waals surface area contributed by atoms with E-state index in [1.165, 1.54) is 25.7 Å². The van der Waals surface area contributed by atoms with E-state index < -0.39 is 0 Å². The van der Waals surface area contributed by atoms with Gasteiger partial charge in [-0.05, 0) is 51.4 Å². The molecule has 3 heteroatoms. The van der Waals surface area contributed by atoms with Crippen LogP contribution in [0.15, 0.2) is 23.3 Å². The van der Waals surface area contributed by atoms with Gasteiger partial charge in [0.2, 0.25) is 0 Å². The van der Waals surface area contributed by atoms with Gasteiger partial charge in [0.15, 0.2) is 0 Å². The molecule has 6 unspecified atom stereocenters. The van der Waals surface area contributed by atoms with Crippen molar-refractivity contribution in [2.24, 2.45) is 23.7 Å². The summed E-state index contributed by atoms with van der Waals surface area (Å²) in [6.45, 7) is 11.0. The predicted molar refractivity (Wildman–Crippen MR) is 96.4 cm³/mol. The van der Waals surface area contributed by atoms with E-state index in [9.17, 15) is 0 Å². The lowest BCUT2D eigenvalue weighted by atomic mass is 9.78. The van der Waals surface area contributed by atoms with Crippen molar-refractivity contribution in [3.8, 4) is 0 Å². The average molecular weight is 332 g/mol. The summed E-state index contributed by atoms with van der Waals surface area (Å²) in [4.78, 5) is 2.63. The van der Waals surface area contributed by atoms with Crippen molar-refractivity contribution in [1.82, 2.24) is 4.90 Å². The summed E-state index contributed by atoms with van der Waals surface area (Å²) in [6, 6.07) is 0.471. The zero-order valence-electron chi connectivity index (χ0n) is 15.7. The lowest BCUT2D eigenvalue weighted by Crippen LogP contribution is -2.49. The van der Waals surface area contributed by atoms with Crippen LogP contribution in [0.3, 0.4) is 0 Å². The first-order valence-corrected chi connectivity index (χ1v) is 9.90. The Hall–Kier alpha value is -0.640. The van der Waals surface area contributed by atoms with Crippen molar-refractivity contribution in [2.45, 2.75) is 71.9 Å². The minimum absolute atomic E-state index is 0.251. The second-order valence-corrected chi connectivity index (χ2v) is 8.70. The van der Waals surface area contributed by atoms with Crippen LogP contribution in [0, 0.1) is 23.7 Å². The number of ether oxygens (including phenoxy) is 2. The Balaban J connectivity index is 1.54. The first-order chi connectivity index (χ1) is 11.5. The zero-order chi connectivity index (χ0) is 16.8. The monoisotopic (exact) mass is 331 g/mol. The molecule has 4 rings (SSSR count). The number of fused-ring (bicyclic) bond motifs is 1. The highest BCUT2D eigenvalue weighted by Gasteiger charge is 2.51. The second kappa shape index (κ2) is 6.59. The predicted octanol–water partition coefficient (Wildman–Crippen LogP) is 4.35. The molecule has 24 heavy (non-hydrogen) atoms. The summed E-state index contributed by atoms with van der Waals surface area (Å²) in [5.41, 5.74) is 3.09. The van der Waals surface area contributed by atoms with E-state index in [-0.39, 0.29) is 12.5 Å². The third-order valence-corrected chi connectivity index (χ3v) is 6.85. The molecule has 0 N–H and O–H groups in total. The van der Waals surface area contributed by atoms with Crippen LogP contribution >= 0.6 is 0 Å². The van der Waals surface area contributed by atoms with E-state index in [4.69, 9.17) is 9.47 Å². The van der Waals surface area contributed by atoms with Crippen LogP contribution in [0.2, 0.25) is 0 Å². The van der Waals surface area contributed by atoms with Crippen LogP contribution < -0.4 is 0 Å². The molecule has 2 fully saturated rings. The molecule has 4 aliphatic rings. The van der Waals surface area contributed by atoms with Gasteiger partial charge in [-0.25, -0.2) is 4.90 Å². The van der Waals surface area contributed by atoms with E-state index in [0.717, 1.165) is 13.2 Å². The van der Waals surface area contributed by atoms with Crippen LogP contribution in [-0.2, 0) is 9.47 Å². The van der Waals surface area contributed by atoms with E-state index in [2.05, 4.69) is 44.7 Å². The lowest BCUT2D eigenvalue weighted by Gasteiger charge is -2.41. The fraction of sp³-hybridized carbons (Fsp3) is 0.810. The van der Waals surface area contributed by atoms with Crippen molar-refractivity contribution in [2.75, 3.05) is 13.2 Å². The number of hydrogen-bond donors (Lipinski definition) is 0. The quantitative estimate of drug-likeness (QED) is 0.702. The number of nitrogens with zero attached hydrogens (tertiary/aromatic N) is 1. The van der Waals surface area contributed by atoms with Crippen molar-refractivity contribution in [3.63, 3.8) is 0 Å². The van der Waals surface area contributed by atoms with Crippen LogP contribution in [0.4, 0.5) is 0 Å². The lowest BCUT2D eigenvalue weighted by molar-refractivity contribution is -0.118. The smallest absolute Gasteiger partial charge is 0.116 e. The molecule has 6 atom stereocenters. The summed E-state index contributed by atoms with van der Waals surface area (Å²) in [7, 11) is 0. The van der Waals surface area contributed by atoms with Gasteiger partial charge in [0.1, 0.15) is 12.5 Å². The van der Waals surface area contributed by atoms with Crippen LogP contribution in [-0.4, -0.2) is 36.6 Å². The molecule has 0 radical (unpaired) electrons. The Morgan fingerprint density at radius 2 is 1.29 bits per heavy atom. The molecule has 0 bridgehead atoms. The maximum atomic E-state index is 6.34. The molecule has 0 aromatic carbocycles. The number of hydrogen-bond acceptors (Lipinski definition) is 3. The van der Waals surface area contributed by atoms with E-state index in [1.807, 2.05) is 0 Å². The van der Waals surface area contributed by atoms with E-state index in [1.54, 1.807) is 11.1 Å². The summed E-state index contributed by atoms with van der Waals surface area (Å²) in [5, 5.41) is 0. The third kappa shape index (κ3) is 2.89. The maximum Gasteiger partial charge on any atom is 0.116 e. The average Bonchev–Trinajstić information content (AvgIpc) is 3.10. The number of allylic oxidation sites excluding steroid dienone is 4. The van der Waals surface area contributed by atoms with Gasteiger partial charge in [-0.2, -0.15) is 0 Å². The molecular formula is C21H33NO2. The summed E-state index contributed by atoms with van der Waals surface area (Å²) < 4.78 is 12.7. The van der Waals surface area contributed by atoms with Crippen LogP contribution in [0.25, 0.3) is 0 Å². The topological polar surface area (TPSA) is 21.7 Å². The van der Waals surface area contributed by atoms with Gasteiger partial charge in [-0.15, -0.1) is 0 Å². The first-order valence-electron chi connectivity index (χ1n) is 9.90. The summed E-state index contributed by atoms with van der Waals surface area (Å²) in [6.07, 6.45) is 10.4. The minimum atomic E-state index is 0.251. The van der Waals surface area contributed by atoms with Crippen LogP contribution in [0.5, 0.6) is 0 Å². The van der Waals surface area contributed by atoms with Gasteiger partial charge in [0, 0.05) is 11.8 Å². The highest BCUT2D eigenvalue weighted by atomic mass is 16.6. The Morgan fingerprint density at radius 1 is 0.833 bits per heavy atom. The van der Waals surface area contributed by atoms with Gasteiger partial charge >= 0.3 is 0 Å². The van der Waals surface area contributed by atoms with Gasteiger partial charge in [-0.3, -0.25) is 0 Å². The molecule has 3 nitrogen and oxygen atoms in total. The highest BCUT2D eigenvalue weighted by Crippen LogP contribution is 2.44. The SMILES string of the molecule is CC1=CC(C)C(C2OCC3COC(C4CCC(C)=CC4C)N32)CC1. The summed E-state index contributed by atoms with van der Waals surface area (Å²) >= 11 is 0. The molecular weight excluding hydrogens is 298 g/mol. The highest BCUT2D eigenvalue weighted by molar-refractivity contribution is 5.10. The number of rotatable bonds is 2. The fourth-order valence-electron chi connectivity index (χ4n) is 5.49. The second-order valence-electron chi connectivity index (χ2n) is 8.70. The van der Waals surface area contributed by atoms with Gasteiger partial charge < -0.3 is 9.47 Å². The van der Waals surface area contributed by atoms with E-state index in [0.29, 0.717) is 29.7 Å². The first kappa shape index (κ1) is 16.8. The van der Waals surface area contributed by atoms with Gasteiger partial charge in [0.25, 0.3) is 0 Å². The fourth-order valence-corrected chi connectivity index (χ4v) is 5.49. The zero-order valence-corrected chi connectivity index (χ0v) is 15.7. The Labute approximate surface area is 147 Å². The molecule has 0 spiro atoms. The standard InChI is InChI=1S/C21H33NO2/c1-13-5-7-18(15(3)9-13)20-22-17(11-23-20)12-24-21(22)19-8-6-14(2)10-16(19)4/h9-10,15-21H,5-8,11-12H2,1-4H3. The molecule has 134 valence electrons. The van der Waals surface area contributed by atoms with Crippen molar-refractivity contribution in [3.05, 3.63) is 23.3 Å². The van der Waals surface area contributed by atoms with Gasteiger partial charge in [-0.1, -0.05) is 37.1 Å². The maximum absolute atomic E-state index is 6.34. The van der Waals surface area contributed by atoms with Crippen molar-refractivity contribution < 1.29 is 9.47 Å². The Bertz CT molecular complexity index is 494. The van der Waals surface area contributed by atoms with Crippen molar-refractivity contribution >= 4 is 0 Å². The molecule has 0 aromatic heterocycles. The largest absolute Gasteiger partial charge is 0.361 e. The van der Waals surface area contributed by atoms with Crippen molar-refractivity contribution in [1.29, 1.82) is 0 Å².